The molecule has 0 bridgehead atoms. The van der Waals surface area contributed by atoms with Crippen LogP contribution in [0.5, 0.6) is 0 Å². The number of rotatable bonds is 28. The zero-order valence-corrected chi connectivity index (χ0v) is 40.1. The molecule has 0 aromatic heterocycles. The lowest BCUT2D eigenvalue weighted by atomic mass is 10.1. The van der Waals surface area contributed by atoms with E-state index in [1.165, 1.54) is 55.7 Å². The first-order valence-electron chi connectivity index (χ1n) is 22.2. The largest absolute Gasteiger partial charge is 0.461 e. The third kappa shape index (κ3) is 43.5. The molecule has 4 heteroatoms. The summed E-state index contributed by atoms with van der Waals surface area (Å²) < 4.78 is 10.6. The number of ether oxygens (including phenoxy) is 2. The van der Waals surface area contributed by atoms with Crippen molar-refractivity contribution in [3.05, 3.63) is 116 Å². The number of hydrogen-bond donors (Lipinski definition) is 0. The van der Waals surface area contributed by atoms with E-state index in [0.29, 0.717) is 26.1 Å². The van der Waals surface area contributed by atoms with Crippen molar-refractivity contribution in [2.24, 2.45) is 0 Å². The molecule has 0 aromatic carbocycles. The Bertz CT molecular complexity index is 1350. The van der Waals surface area contributed by atoms with Crippen LogP contribution in [0.2, 0.25) is 0 Å². The summed E-state index contributed by atoms with van der Waals surface area (Å²) in [4.78, 5) is 23.7. The Kier molecular flexibility index (Phi) is 36.6. The quantitative estimate of drug-likeness (QED) is 0.0584. The van der Waals surface area contributed by atoms with Crippen molar-refractivity contribution in [2.45, 2.75) is 200 Å². The second-order valence-electron chi connectivity index (χ2n) is 17.1. The first-order valence-corrected chi connectivity index (χ1v) is 22.2. The minimum atomic E-state index is -0.114. The lowest BCUT2D eigenvalue weighted by Crippen LogP contribution is -2.04. The van der Waals surface area contributed by atoms with Gasteiger partial charge < -0.3 is 9.47 Å². The van der Waals surface area contributed by atoms with Gasteiger partial charge in [-0.2, -0.15) is 0 Å². The summed E-state index contributed by atoms with van der Waals surface area (Å²) in [6, 6.07) is 0. The Balaban J connectivity index is 0. The van der Waals surface area contributed by atoms with Crippen molar-refractivity contribution in [1.29, 1.82) is 0 Å². The summed E-state index contributed by atoms with van der Waals surface area (Å²) in [7, 11) is 0. The van der Waals surface area contributed by atoms with Crippen LogP contribution in [0.15, 0.2) is 116 Å². The molecule has 0 aromatic rings. The number of hydrogen-bond acceptors (Lipinski definition) is 4. The van der Waals surface area contributed by atoms with Crippen LogP contribution in [0.25, 0.3) is 0 Å². The zero-order valence-electron chi connectivity index (χ0n) is 40.1. The molecule has 328 valence electrons. The van der Waals surface area contributed by atoms with Gasteiger partial charge in [-0.25, -0.2) is 0 Å². The highest BCUT2D eigenvalue weighted by molar-refractivity contribution is 5.70. The van der Waals surface area contributed by atoms with Crippen LogP contribution in [0.4, 0.5) is 0 Å². The minimum Gasteiger partial charge on any atom is -0.461 e. The average Bonchev–Trinajstić information content (AvgIpc) is 3.11. The highest BCUT2D eigenvalue weighted by atomic mass is 16.5. The molecule has 0 aliphatic heterocycles. The van der Waals surface area contributed by atoms with Gasteiger partial charge in [0.15, 0.2) is 0 Å². The maximum atomic E-state index is 11.9. The van der Waals surface area contributed by atoms with E-state index in [1.54, 1.807) is 0 Å². The maximum Gasteiger partial charge on any atom is 0.306 e. The predicted molar refractivity (Wildman–Crippen MR) is 256 cm³/mol. The zero-order chi connectivity index (χ0) is 44.1. The Labute approximate surface area is 359 Å². The Morgan fingerprint density at radius 1 is 0.276 bits per heavy atom. The molecule has 0 saturated heterocycles. The molecule has 0 aliphatic carbocycles. The van der Waals surface area contributed by atoms with Crippen molar-refractivity contribution in [3.63, 3.8) is 0 Å². The topological polar surface area (TPSA) is 52.6 Å². The van der Waals surface area contributed by atoms with Crippen LogP contribution in [-0.4, -0.2) is 25.2 Å². The average molecular weight is 801 g/mol. The van der Waals surface area contributed by atoms with Crippen LogP contribution in [0.3, 0.4) is 0 Å². The minimum absolute atomic E-state index is 0.114. The lowest BCUT2D eigenvalue weighted by Gasteiger charge is -2.04. The molecule has 0 amide bonds. The van der Waals surface area contributed by atoms with E-state index in [4.69, 9.17) is 9.47 Å². The van der Waals surface area contributed by atoms with Gasteiger partial charge in [0.1, 0.15) is 13.2 Å². The lowest BCUT2D eigenvalue weighted by molar-refractivity contribution is -0.143. The SMILES string of the molecule is CC(C)=CCC/C(C)=C/CC/C(C)=C/CCC(=O)OC/C=C(\C)CCC=C(C)C.CC(C)=CCC/C(C)=C/CC/C(C)=C/CCC(=O)OC/C=C(\C)CCC=C(C)C. The third-order valence-electron chi connectivity index (χ3n) is 9.46. The van der Waals surface area contributed by atoms with Gasteiger partial charge in [-0.05, 0) is 199 Å². The second-order valence-corrected chi connectivity index (χ2v) is 17.1. The van der Waals surface area contributed by atoms with E-state index < -0.39 is 0 Å². The molecule has 0 N–H and O–H groups in total. The molecular weight excluding hydrogens is 713 g/mol. The molecule has 58 heavy (non-hydrogen) atoms. The Morgan fingerprint density at radius 2 is 0.466 bits per heavy atom. The van der Waals surface area contributed by atoms with Gasteiger partial charge in [0.05, 0.1) is 0 Å². The van der Waals surface area contributed by atoms with Gasteiger partial charge in [-0.3, -0.25) is 9.59 Å². The molecule has 0 radical (unpaired) electrons. The first kappa shape index (κ1) is 56.4. The fourth-order valence-electron chi connectivity index (χ4n) is 5.63. The second kappa shape index (κ2) is 37.6. The van der Waals surface area contributed by atoms with Crippen molar-refractivity contribution < 1.29 is 19.1 Å². The van der Waals surface area contributed by atoms with Crippen molar-refractivity contribution in [2.75, 3.05) is 13.2 Å². The van der Waals surface area contributed by atoms with E-state index in [-0.39, 0.29) is 11.9 Å². The molecule has 0 fully saturated rings. The monoisotopic (exact) mass is 801 g/mol. The molecule has 4 nitrogen and oxygen atoms in total. The summed E-state index contributed by atoms with van der Waals surface area (Å²) in [5.41, 5.74) is 13.6. The van der Waals surface area contributed by atoms with Gasteiger partial charge in [-0.1, -0.05) is 104 Å². The van der Waals surface area contributed by atoms with E-state index >= 15 is 0 Å². The van der Waals surface area contributed by atoms with Crippen LogP contribution in [0.1, 0.15) is 200 Å². The molecule has 0 saturated carbocycles. The predicted octanol–water partition coefficient (Wildman–Crippen LogP) is 16.8. The van der Waals surface area contributed by atoms with E-state index in [1.807, 2.05) is 12.2 Å². The highest BCUT2D eigenvalue weighted by Crippen LogP contribution is 2.14. The standard InChI is InChI=1S/2C27H44O2/c2*1-22(2)12-8-14-24(5)16-10-17-25(6)18-11-19-27(28)29-21-20-26(7)15-9-13-23(3)4/h2*12-13,16,18,20H,8-11,14-15,17,19,21H2,1-7H3/b2*24-16+,25-18+,26-20+. The van der Waals surface area contributed by atoms with Crippen LogP contribution in [0, 0.1) is 0 Å². The number of carbonyl (C=O) groups excluding carboxylic acids is 2. The van der Waals surface area contributed by atoms with E-state index in [0.717, 1.165) is 89.9 Å². The van der Waals surface area contributed by atoms with Crippen LogP contribution < -0.4 is 0 Å². The normalized spacial score (nSPS) is 12.6. The number of esters is 2. The molecule has 0 atom stereocenters. The Morgan fingerprint density at radius 3 is 0.690 bits per heavy atom. The van der Waals surface area contributed by atoms with E-state index in [2.05, 4.69) is 146 Å². The summed E-state index contributed by atoms with van der Waals surface area (Å²) in [5, 5.41) is 0. The fraction of sp³-hybridized carbons (Fsp3) is 0.593. The molecule has 0 heterocycles. The summed E-state index contributed by atoms with van der Waals surface area (Å²) in [6.07, 6.45) is 37.5. The van der Waals surface area contributed by atoms with E-state index in [9.17, 15) is 9.59 Å². The summed E-state index contributed by atoms with van der Waals surface area (Å²) in [6.45, 7) is 30.7. The smallest absolute Gasteiger partial charge is 0.306 e. The van der Waals surface area contributed by atoms with Crippen LogP contribution >= 0.6 is 0 Å². The number of carbonyl (C=O) groups is 2. The van der Waals surface area contributed by atoms with Gasteiger partial charge in [0, 0.05) is 12.8 Å². The molecule has 0 unspecified atom stereocenters. The molecule has 0 spiro atoms. The maximum absolute atomic E-state index is 11.9. The Hall–Kier alpha value is -3.66. The molecule has 0 aliphatic rings. The van der Waals surface area contributed by atoms with Crippen molar-refractivity contribution >= 4 is 11.9 Å². The molecular formula is C54H88O4. The fourth-order valence-corrected chi connectivity index (χ4v) is 5.63. The van der Waals surface area contributed by atoms with Gasteiger partial charge in [-0.15, -0.1) is 0 Å². The third-order valence-corrected chi connectivity index (χ3v) is 9.46. The highest BCUT2D eigenvalue weighted by Gasteiger charge is 2.02. The van der Waals surface area contributed by atoms with Crippen molar-refractivity contribution in [3.8, 4) is 0 Å². The number of allylic oxidation sites excluding steroid dienone is 18. The van der Waals surface area contributed by atoms with Gasteiger partial charge in [0.2, 0.25) is 0 Å². The summed E-state index contributed by atoms with van der Waals surface area (Å²) >= 11 is 0. The van der Waals surface area contributed by atoms with Crippen LogP contribution in [-0.2, 0) is 19.1 Å². The first-order chi connectivity index (χ1) is 27.4. The molecule has 0 rings (SSSR count). The van der Waals surface area contributed by atoms with Gasteiger partial charge in [0.25, 0.3) is 0 Å². The summed E-state index contributed by atoms with van der Waals surface area (Å²) in [5.74, 6) is -0.227. The van der Waals surface area contributed by atoms with Crippen molar-refractivity contribution in [1.82, 2.24) is 0 Å². The van der Waals surface area contributed by atoms with Gasteiger partial charge >= 0.3 is 11.9 Å².